The Kier molecular flexibility index (Phi) is 5.28. The van der Waals surface area contributed by atoms with E-state index in [0.29, 0.717) is 0 Å². The van der Waals surface area contributed by atoms with Gasteiger partial charge in [0.2, 0.25) is 0 Å². The molecule has 0 fully saturated rings. The van der Waals surface area contributed by atoms with Crippen molar-refractivity contribution in [1.29, 1.82) is 0 Å². The van der Waals surface area contributed by atoms with Crippen molar-refractivity contribution >= 4 is 5.97 Å². The fraction of sp³-hybridized carbons (Fsp3) is 0.625. The summed E-state index contributed by atoms with van der Waals surface area (Å²) >= 11 is 0. The van der Waals surface area contributed by atoms with Crippen LogP contribution in [0.25, 0.3) is 0 Å². The van der Waals surface area contributed by atoms with Crippen molar-refractivity contribution < 1.29 is 9.53 Å². The summed E-state index contributed by atoms with van der Waals surface area (Å²) < 4.78 is 5.29. The van der Waals surface area contributed by atoms with Crippen LogP contribution in [0.5, 0.6) is 0 Å². The second-order valence-electron chi connectivity index (χ2n) is 6.27. The third-order valence-electron chi connectivity index (χ3n) is 2.99. The van der Waals surface area contributed by atoms with Gasteiger partial charge in [0, 0.05) is 17.4 Å². The predicted octanol–water partition coefficient (Wildman–Crippen LogP) is 3.00. The maximum Gasteiger partial charge on any atom is 0.320 e. The van der Waals surface area contributed by atoms with Crippen LogP contribution in [-0.4, -0.2) is 23.1 Å². The van der Waals surface area contributed by atoms with Crippen molar-refractivity contribution in [1.82, 2.24) is 10.3 Å². The second kappa shape index (κ2) is 6.35. The van der Waals surface area contributed by atoms with Gasteiger partial charge < -0.3 is 10.1 Å². The molecule has 0 spiro atoms. The predicted molar refractivity (Wildman–Crippen MR) is 80.7 cm³/mol. The lowest BCUT2D eigenvalue weighted by Gasteiger charge is -2.22. The van der Waals surface area contributed by atoms with Gasteiger partial charge in [-0.25, -0.2) is 0 Å². The molecule has 4 nitrogen and oxygen atoms in total. The molecular formula is C16H26N2O2. The van der Waals surface area contributed by atoms with E-state index in [0.717, 1.165) is 17.0 Å². The van der Waals surface area contributed by atoms with Gasteiger partial charge in [0.1, 0.15) is 5.60 Å². The van der Waals surface area contributed by atoms with Crippen LogP contribution in [0.15, 0.2) is 6.07 Å². The Balaban J connectivity index is 2.69. The molecule has 0 aliphatic heterocycles. The number of carbonyl (C=O) groups excluding carboxylic acids is 1. The number of rotatable bonds is 4. The SMILES string of the molecule is Cc1cc(C)c(C(C)NCC(=O)OC(C)(C)C)c(C)n1. The Morgan fingerprint density at radius 1 is 1.35 bits per heavy atom. The molecule has 0 radical (unpaired) electrons. The Morgan fingerprint density at radius 3 is 2.45 bits per heavy atom. The van der Waals surface area contributed by atoms with E-state index in [-0.39, 0.29) is 18.6 Å². The van der Waals surface area contributed by atoms with E-state index in [4.69, 9.17) is 4.74 Å². The van der Waals surface area contributed by atoms with Gasteiger partial charge in [-0.15, -0.1) is 0 Å². The first-order valence-corrected chi connectivity index (χ1v) is 7.00. The zero-order chi connectivity index (χ0) is 15.5. The molecule has 1 heterocycles. The number of carbonyl (C=O) groups is 1. The fourth-order valence-electron chi connectivity index (χ4n) is 2.40. The van der Waals surface area contributed by atoms with Gasteiger partial charge in [-0.1, -0.05) is 0 Å². The van der Waals surface area contributed by atoms with Gasteiger partial charge in [0.15, 0.2) is 0 Å². The van der Waals surface area contributed by atoms with Gasteiger partial charge >= 0.3 is 5.97 Å². The molecule has 0 aromatic carbocycles. The molecule has 0 amide bonds. The summed E-state index contributed by atoms with van der Waals surface area (Å²) in [5.41, 5.74) is 3.92. The van der Waals surface area contributed by atoms with Crippen molar-refractivity contribution in [3.05, 3.63) is 28.6 Å². The Labute approximate surface area is 121 Å². The lowest BCUT2D eigenvalue weighted by atomic mass is 10.0. The quantitative estimate of drug-likeness (QED) is 0.860. The minimum absolute atomic E-state index is 0.0654. The summed E-state index contributed by atoms with van der Waals surface area (Å²) in [6, 6.07) is 2.13. The molecule has 0 aliphatic rings. The molecule has 20 heavy (non-hydrogen) atoms. The number of nitrogens with zero attached hydrogens (tertiary/aromatic N) is 1. The molecule has 112 valence electrons. The summed E-state index contributed by atoms with van der Waals surface area (Å²) in [6.45, 7) is 13.9. The zero-order valence-electron chi connectivity index (χ0n) is 13.6. The average Bonchev–Trinajstić information content (AvgIpc) is 2.22. The number of ether oxygens (including phenoxy) is 1. The minimum atomic E-state index is -0.445. The molecule has 1 atom stereocenters. The van der Waals surface area contributed by atoms with Crippen molar-refractivity contribution in [2.45, 2.75) is 60.1 Å². The van der Waals surface area contributed by atoms with Crippen molar-refractivity contribution in [2.24, 2.45) is 0 Å². The van der Waals surface area contributed by atoms with Gasteiger partial charge in [0.25, 0.3) is 0 Å². The summed E-state index contributed by atoms with van der Waals surface area (Å²) in [5, 5.41) is 3.21. The monoisotopic (exact) mass is 278 g/mol. The maximum atomic E-state index is 11.7. The van der Waals surface area contributed by atoms with Crippen LogP contribution in [0.2, 0.25) is 0 Å². The Hall–Kier alpha value is -1.42. The molecule has 1 aromatic heterocycles. The summed E-state index contributed by atoms with van der Waals surface area (Å²) in [4.78, 5) is 16.2. The highest BCUT2D eigenvalue weighted by Crippen LogP contribution is 2.21. The number of pyridine rings is 1. The van der Waals surface area contributed by atoms with E-state index in [2.05, 4.69) is 23.3 Å². The number of aryl methyl sites for hydroxylation is 3. The largest absolute Gasteiger partial charge is 0.459 e. The zero-order valence-corrected chi connectivity index (χ0v) is 13.6. The first-order chi connectivity index (χ1) is 9.10. The van der Waals surface area contributed by atoms with Crippen LogP contribution in [0.1, 0.15) is 56.3 Å². The van der Waals surface area contributed by atoms with Gasteiger partial charge in [-0.2, -0.15) is 0 Å². The maximum absolute atomic E-state index is 11.7. The highest BCUT2D eigenvalue weighted by molar-refractivity contribution is 5.72. The van der Waals surface area contributed by atoms with Crippen LogP contribution in [0.3, 0.4) is 0 Å². The fourth-order valence-corrected chi connectivity index (χ4v) is 2.40. The van der Waals surface area contributed by atoms with E-state index >= 15 is 0 Å². The lowest BCUT2D eigenvalue weighted by Crippen LogP contribution is -2.33. The first-order valence-electron chi connectivity index (χ1n) is 7.00. The topological polar surface area (TPSA) is 51.2 Å². The molecule has 1 N–H and O–H groups in total. The molecule has 1 rings (SSSR count). The van der Waals surface area contributed by atoms with E-state index in [1.54, 1.807) is 0 Å². The molecule has 0 saturated carbocycles. The number of aromatic nitrogens is 1. The van der Waals surface area contributed by atoms with Crippen LogP contribution < -0.4 is 5.32 Å². The van der Waals surface area contributed by atoms with Gasteiger partial charge in [-0.05, 0) is 65.7 Å². The summed E-state index contributed by atoms with van der Waals surface area (Å²) in [6.07, 6.45) is 0. The number of hydrogen-bond donors (Lipinski definition) is 1. The third-order valence-corrected chi connectivity index (χ3v) is 2.99. The highest BCUT2D eigenvalue weighted by Gasteiger charge is 2.18. The lowest BCUT2D eigenvalue weighted by molar-refractivity contribution is -0.153. The number of esters is 1. The number of nitrogens with one attached hydrogen (secondary N) is 1. The first kappa shape index (κ1) is 16.6. The molecule has 0 saturated heterocycles. The van der Waals surface area contributed by atoms with Crippen molar-refractivity contribution in [3.8, 4) is 0 Å². The highest BCUT2D eigenvalue weighted by atomic mass is 16.6. The van der Waals surface area contributed by atoms with Gasteiger partial charge in [0.05, 0.1) is 6.54 Å². The second-order valence-corrected chi connectivity index (χ2v) is 6.27. The third kappa shape index (κ3) is 4.93. The van der Waals surface area contributed by atoms with E-state index < -0.39 is 5.60 Å². The molecule has 0 aliphatic carbocycles. The Bertz CT molecular complexity index is 467. The van der Waals surface area contributed by atoms with Crippen molar-refractivity contribution in [2.75, 3.05) is 6.54 Å². The summed E-state index contributed by atoms with van der Waals surface area (Å²) in [7, 11) is 0. The van der Waals surface area contributed by atoms with Crippen LogP contribution in [-0.2, 0) is 9.53 Å². The standard InChI is InChI=1S/C16H26N2O2/c1-10-8-11(2)18-13(4)15(10)12(3)17-9-14(19)20-16(5,6)7/h8,12,17H,9H2,1-7H3. The van der Waals surface area contributed by atoms with Crippen LogP contribution >= 0.6 is 0 Å². The number of hydrogen-bond acceptors (Lipinski definition) is 4. The molecule has 1 unspecified atom stereocenters. The summed E-state index contributed by atoms with van der Waals surface area (Å²) in [5.74, 6) is -0.236. The molecule has 0 bridgehead atoms. The Morgan fingerprint density at radius 2 is 1.95 bits per heavy atom. The molecule has 4 heteroatoms. The van der Waals surface area contributed by atoms with Crippen LogP contribution in [0, 0.1) is 20.8 Å². The van der Waals surface area contributed by atoms with E-state index in [9.17, 15) is 4.79 Å². The average molecular weight is 278 g/mol. The van der Waals surface area contributed by atoms with E-state index in [1.165, 1.54) is 5.56 Å². The molecule has 1 aromatic rings. The normalized spacial score (nSPS) is 13.2. The van der Waals surface area contributed by atoms with Crippen LogP contribution in [0.4, 0.5) is 0 Å². The van der Waals surface area contributed by atoms with E-state index in [1.807, 2.05) is 41.5 Å². The minimum Gasteiger partial charge on any atom is -0.459 e. The smallest absolute Gasteiger partial charge is 0.320 e. The molecular weight excluding hydrogens is 252 g/mol. The van der Waals surface area contributed by atoms with Gasteiger partial charge in [-0.3, -0.25) is 9.78 Å². The van der Waals surface area contributed by atoms with Crippen molar-refractivity contribution in [3.63, 3.8) is 0 Å².